The average molecular weight is 418 g/mol. The second-order valence-corrected chi connectivity index (χ2v) is 7.50. The number of carbonyl (C=O) groups excluding carboxylic acids is 2. The monoisotopic (exact) mass is 418 g/mol. The summed E-state index contributed by atoms with van der Waals surface area (Å²) in [6, 6.07) is 14.7. The summed E-state index contributed by atoms with van der Waals surface area (Å²) in [5.41, 5.74) is 2.59. The first-order valence-electron chi connectivity index (χ1n) is 10.6. The maximum Gasteiger partial charge on any atom is 0.253 e. The van der Waals surface area contributed by atoms with Crippen LogP contribution in [0.3, 0.4) is 0 Å². The van der Waals surface area contributed by atoms with E-state index in [0.29, 0.717) is 17.8 Å². The molecule has 2 N–H and O–H groups in total. The van der Waals surface area contributed by atoms with Gasteiger partial charge in [0, 0.05) is 36.6 Å². The highest BCUT2D eigenvalue weighted by Crippen LogP contribution is 2.27. The third-order valence-electron chi connectivity index (χ3n) is 5.38. The van der Waals surface area contributed by atoms with E-state index < -0.39 is 0 Å². The number of fused-ring (bicyclic) bond motifs is 1. The third kappa shape index (κ3) is 4.86. The lowest BCUT2D eigenvalue weighted by Gasteiger charge is -2.13. The lowest BCUT2D eigenvalue weighted by Crippen LogP contribution is -2.32. The first kappa shape index (κ1) is 20.9. The SMILES string of the molecule is CCc1oc2ccccc2c1/C=C/C(=O)Nc1ccccc1C(=O)NCC1CCCO1. The van der Waals surface area contributed by atoms with Crippen molar-refractivity contribution in [1.29, 1.82) is 0 Å². The van der Waals surface area contributed by atoms with Crippen LogP contribution in [0.5, 0.6) is 0 Å². The van der Waals surface area contributed by atoms with Crippen molar-refractivity contribution in [3.8, 4) is 0 Å². The number of carbonyl (C=O) groups is 2. The zero-order chi connectivity index (χ0) is 21.6. The van der Waals surface area contributed by atoms with Crippen LogP contribution in [0.1, 0.15) is 41.4 Å². The predicted molar refractivity (Wildman–Crippen MR) is 121 cm³/mol. The maximum atomic E-state index is 12.6. The van der Waals surface area contributed by atoms with Gasteiger partial charge in [-0.3, -0.25) is 9.59 Å². The average Bonchev–Trinajstić information content (AvgIpc) is 3.44. The molecule has 3 aromatic rings. The van der Waals surface area contributed by atoms with E-state index in [2.05, 4.69) is 10.6 Å². The Morgan fingerprint density at radius 2 is 1.94 bits per heavy atom. The fourth-order valence-electron chi connectivity index (χ4n) is 3.79. The van der Waals surface area contributed by atoms with E-state index in [0.717, 1.165) is 48.2 Å². The Morgan fingerprint density at radius 1 is 1.13 bits per heavy atom. The van der Waals surface area contributed by atoms with Gasteiger partial charge in [0.2, 0.25) is 5.91 Å². The Balaban J connectivity index is 1.46. The number of anilines is 1. The van der Waals surface area contributed by atoms with E-state index in [-0.39, 0.29) is 17.9 Å². The number of rotatable bonds is 7. The van der Waals surface area contributed by atoms with Crippen molar-refractivity contribution in [2.45, 2.75) is 32.3 Å². The minimum Gasteiger partial charge on any atom is -0.460 e. The molecule has 0 saturated carbocycles. The number of amides is 2. The molecular formula is C25H26N2O4. The maximum absolute atomic E-state index is 12.6. The lowest BCUT2D eigenvalue weighted by atomic mass is 10.1. The Bertz CT molecular complexity index is 1110. The molecule has 2 heterocycles. The molecule has 1 aromatic heterocycles. The van der Waals surface area contributed by atoms with Crippen molar-refractivity contribution in [1.82, 2.24) is 5.32 Å². The molecule has 1 saturated heterocycles. The van der Waals surface area contributed by atoms with E-state index in [9.17, 15) is 9.59 Å². The van der Waals surface area contributed by atoms with Crippen LogP contribution in [-0.2, 0) is 16.0 Å². The summed E-state index contributed by atoms with van der Waals surface area (Å²) in [4.78, 5) is 25.2. The molecule has 2 amide bonds. The molecular weight excluding hydrogens is 392 g/mol. The van der Waals surface area contributed by atoms with Gasteiger partial charge in [-0.15, -0.1) is 0 Å². The van der Waals surface area contributed by atoms with Crippen molar-refractivity contribution in [3.63, 3.8) is 0 Å². The van der Waals surface area contributed by atoms with Gasteiger partial charge in [-0.25, -0.2) is 0 Å². The molecule has 1 aliphatic heterocycles. The zero-order valence-corrected chi connectivity index (χ0v) is 17.5. The fraction of sp³-hybridized carbons (Fsp3) is 0.280. The molecule has 4 rings (SSSR count). The van der Waals surface area contributed by atoms with Crippen molar-refractivity contribution >= 4 is 34.5 Å². The summed E-state index contributed by atoms with van der Waals surface area (Å²) < 4.78 is 11.4. The highest BCUT2D eigenvalue weighted by Gasteiger charge is 2.18. The van der Waals surface area contributed by atoms with Crippen LogP contribution in [0.4, 0.5) is 5.69 Å². The van der Waals surface area contributed by atoms with Crippen molar-refractivity contribution in [3.05, 3.63) is 71.5 Å². The Hall–Kier alpha value is -3.38. The number of nitrogens with one attached hydrogen (secondary N) is 2. The Kier molecular flexibility index (Phi) is 6.48. The Morgan fingerprint density at radius 3 is 2.74 bits per heavy atom. The van der Waals surface area contributed by atoms with Crippen molar-refractivity contribution in [2.75, 3.05) is 18.5 Å². The highest BCUT2D eigenvalue weighted by molar-refractivity contribution is 6.08. The first-order chi connectivity index (χ1) is 15.2. The summed E-state index contributed by atoms with van der Waals surface area (Å²) in [5.74, 6) is 0.287. The van der Waals surface area contributed by atoms with Gasteiger partial charge >= 0.3 is 0 Å². The number of benzene rings is 2. The van der Waals surface area contributed by atoms with Gasteiger partial charge in [0.15, 0.2) is 0 Å². The predicted octanol–water partition coefficient (Wildman–Crippen LogP) is 4.56. The van der Waals surface area contributed by atoms with Gasteiger partial charge in [0.1, 0.15) is 11.3 Å². The normalized spacial score (nSPS) is 16.1. The van der Waals surface area contributed by atoms with E-state index in [1.54, 1.807) is 30.3 Å². The smallest absolute Gasteiger partial charge is 0.253 e. The molecule has 31 heavy (non-hydrogen) atoms. The molecule has 1 aliphatic rings. The minimum atomic E-state index is -0.313. The quantitative estimate of drug-likeness (QED) is 0.552. The summed E-state index contributed by atoms with van der Waals surface area (Å²) >= 11 is 0. The van der Waals surface area contributed by atoms with Gasteiger partial charge < -0.3 is 19.8 Å². The van der Waals surface area contributed by atoms with Gasteiger partial charge in [0.25, 0.3) is 5.91 Å². The van der Waals surface area contributed by atoms with E-state index >= 15 is 0 Å². The number of ether oxygens (including phenoxy) is 1. The van der Waals surface area contributed by atoms with Crippen LogP contribution in [0.25, 0.3) is 17.0 Å². The van der Waals surface area contributed by atoms with Gasteiger partial charge in [-0.05, 0) is 37.1 Å². The van der Waals surface area contributed by atoms with E-state index in [1.165, 1.54) is 6.08 Å². The summed E-state index contributed by atoms with van der Waals surface area (Å²) in [6.45, 7) is 3.22. The molecule has 2 aromatic carbocycles. The van der Waals surface area contributed by atoms with E-state index in [4.69, 9.17) is 9.15 Å². The topological polar surface area (TPSA) is 80.6 Å². The summed E-state index contributed by atoms with van der Waals surface area (Å²) in [6.07, 6.45) is 5.99. The molecule has 0 spiro atoms. The number of para-hydroxylation sites is 2. The van der Waals surface area contributed by atoms with Gasteiger partial charge in [0.05, 0.1) is 17.4 Å². The standard InChI is InChI=1S/C25H26N2O4/c1-2-22-19(18-9-4-6-12-23(18)31-22)13-14-24(28)27-21-11-5-3-10-20(21)25(29)26-16-17-8-7-15-30-17/h3-6,9-14,17H,2,7-8,15-16H2,1H3,(H,26,29)(H,27,28)/b14-13+. The highest BCUT2D eigenvalue weighted by atomic mass is 16.5. The lowest BCUT2D eigenvalue weighted by molar-refractivity contribution is -0.111. The van der Waals surface area contributed by atoms with Crippen molar-refractivity contribution < 1.29 is 18.7 Å². The van der Waals surface area contributed by atoms with Crippen LogP contribution >= 0.6 is 0 Å². The summed E-state index contributed by atoms with van der Waals surface area (Å²) in [7, 11) is 0. The molecule has 6 heteroatoms. The number of hydrogen-bond donors (Lipinski definition) is 2. The number of furan rings is 1. The third-order valence-corrected chi connectivity index (χ3v) is 5.38. The molecule has 0 bridgehead atoms. The molecule has 0 aliphatic carbocycles. The molecule has 0 radical (unpaired) electrons. The van der Waals surface area contributed by atoms with Gasteiger partial charge in [-0.1, -0.05) is 37.3 Å². The van der Waals surface area contributed by atoms with Crippen LogP contribution in [-0.4, -0.2) is 31.1 Å². The molecule has 1 atom stereocenters. The Labute approximate surface area is 181 Å². The molecule has 1 fully saturated rings. The zero-order valence-electron chi connectivity index (χ0n) is 17.5. The first-order valence-corrected chi connectivity index (χ1v) is 10.6. The molecule has 6 nitrogen and oxygen atoms in total. The van der Waals surface area contributed by atoms with Crippen LogP contribution in [0, 0.1) is 0 Å². The van der Waals surface area contributed by atoms with Gasteiger partial charge in [-0.2, -0.15) is 0 Å². The molecule has 1 unspecified atom stereocenters. The number of hydrogen-bond acceptors (Lipinski definition) is 4. The second-order valence-electron chi connectivity index (χ2n) is 7.50. The largest absolute Gasteiger partial charge is 0.460 e. The number of aryl methyl sites for hydroxylation is 1. The fourth-order valence-corrected chi connectivity index (χ4v) is 3.79. The minimum absolute atomic E-state index is 0.0613. The summed E-state index contributed by atoms with van der Waals surface area (Å²) in [5, 5.41) is 6.69. The second kappa shape index (κ2) is 9.62. The van der Waals surface area contributed by atoms with Crippen LogP contribution in [0.15, 0.2) is 59.0 Å². The molecule has 160 valence electrons. The van der Waals surface area contributed by atoms with E-state index in [1.807, 2.05) is 31.2 Å². The van der Waals surface area contributed by atoms with Crippen LogP contribution in [0.2, 0.25) is 0 Å². The van der Waals surface area contributed by atoms with Crippen LogP contribution < -0.4 is 10.6 Å². The van der Waals surface area contributed by atoms with Crippen molar-refractivity contribution in [2.24, 2.45) is 0 Å².